The van der Waals surface area contributed by atoms with Gasteiger partial charge in [-0.05, 0) is 50.7 Å². The van der Waals surface area contributed by atoms with Crippen LogP contribution in [0.1, 0.15) is 32.3 Å². The van der Waals surface area contributed by atoms with E-state index in [1.807, 2.05) is 0 Å². The molecule has 114 valence electrons. The maximum atomic E-state index is 3.72. The molecule has 1 saturated heterocycles. The summed E-state index contributed by atoms with van der Waals surface area (Å²) in [6.45, 7) is 8.45. The van der Waals surface area contributed by atoms with Crippen LogP contribution in [0.25, 0.3) is 0 Å². The molecule has 2 heterocycles. The molecule has 4 rings (SSSR count). The van der Waals surface area contributed by atoms with Crippen LogP contribution in [0, 0.1) is 5.92 Å². The highest BCUT2D eigenvalue weighted by atomic mass is 32.2. The van der Waals surface area contributed by atoms with Gasteiger partial charge in [0.2, 0.25) is 0 Å². The van der Waals surface area contributed by atoms with E-state index in [0.717, 1.165) is 11.2 Å². The number of thioether (sulfide) groups is 1. The van der Waals surface area contributed by atoms with E-state index in [4.69, 9.17) is 0 Å². The second-order valence-electron chi connectivity index (χ2n) is 7.37. The van der Waals surface area contributed by atoms with Crippen LogP contribution in [0.4, 0.5) is 0 Å². The number of nitrogens with one attached hydrogen (secondary N) is 1. The number of fused-ring (bicyclic) bond motifs is 1. The Morgan fingerprint density at radius 2 is 2.14 bits per heavy atom. The first-order valence-electron chi connectivity index (χ1n) is 8.38. The Kier molecular flexibility index (Phi) is 3.55. The van der Waals surface area contributed by atoms with Gasteiger partial charge in [0.1, 0.15) is 0 Å². The van der Waals surface area contributed by atoms with Gasteiger partial charge in [0.15, 0.2) is 0 Å². The summed E-state index contributed by atoms with van der Waals surface area (Å²) >= 11 is 2.10. The van der Waals surface area contributed by atoms with Crippen molar-refractivity contribution in [1.29, 1.82) is 0 Å². The Labute approximate surface area is 132 Å². The molecule has 3 aliphatic rings. The summed E-state index contributed by atoms with van der Waals surface area (Å²) in [6, 6.07) is 9.59. The molecule has 0 spiro atoms. The zero-order valence-electron chi connectivity index (χ0n) is 13.1. The molecule has 0 aromatic heterocycles. The Morgan fingerprint density at radius 3 is 2.90 bits per heavy atom. The maximum Gasteiger partial charge on any atom is 0.0335 e. The first-order valence-corrected chi connectivity index (χ1v) is 9.26. The van der Waals surface area contributed by atoms with Gasteiger partial charge >= 0.3 is 0 Å². The second-order valence-corrected chi connectivity index (χ2v) is 8.71. The van der Waals surface area contributed by atoms with E-state index in [0.29, 0.717) is 11.6 Å². The zero-order valence-corrected chi connectivity index (χ0v) is 14.0. The molecule has 1 saturated carbocycles. The van der Waals surface area contributed by atoms with Gasteiger partial charge in [-0.3, -0.25) is 4.90 Å². The smallest absolute Gasteiger partial charge is 0.0335 e. The highest BCUT2D eigenvalue weighted by Gasteiger charge is 2.48. The summed E-state index contributed by atoms with van der Waals surface area (Å²) in [4.78, 5) is 4.33. The predicted molar refractivity (Wildman–Crippen MR) is 90.0 cm³/mol. The van der Waals surface area contributed by atoms with Crippen LogP contribution in [0.3, 0.4) is 0 Å². The second kappa shape index (κ2) is 5.29. The molecule has 2 aliphatic heterocycles. The third kappa shape index (κ3) is 2.64. The van der Waals surface area contributed by atoms with Crippen molar-refractivity contribution < 1.29 is 0 Å². The molecular formula is C18H26N2S. The van der Waals surface area contributed by atoms with Crippen LogP contribution >= 0.6 is 11.8 Å². The van der Waals surface area contributed by atoms with Crippen molar-refractivity contribution in [3.63, 3.8) is 0 Å². The number of rotatable bonds is 3. The SMILES string of the molecule is CC1CN(CC2Cc3ccccc3S2)C(C)(C2CC2)CN1. The van der Waals surface area contributed by atoms with Gasteiger partial charge in [0, 0.05) is 41.4 Å². The summed E-state index contributed by atoms with van der Waals surface area (Å²) in [5.74, 6) is 0.922. The average Bonchev–Trinajstić information content (AvgIpc) is 3.24. The van der Waals surface area contributed by atoms with Gasteiger partial charge < -0.3 is 5.32 Å². The number of piperazine rings is 1. The first-order chi connectivity index (χ1) is 10.1. The molecule has 1 N–H and O–H groups in total. The molecule has 2 fully saturated rings. The van der Waals surface area contributed by atoms with Gasteiger partial charge in [0.25, 0.3) is 0 Å². The lowest BCUT2D eigenvalue weighted by atomic mass is 9.89. The lowest BCUT2D eigenvalue weighted by molar-refractivity contribution is 0.0391. The average molecular weight is 302 g/mol. The highest BCUT2D eigenvalue weighted by molar-refractivity contribution is 8.00. The largest absolute Gasteiger partial charge is 0.311 e. The molecule has 0 bridgehead atoms. The minimum Gasteiger partial charge on any atom is -0.311 e. The maximum absolute atomic E-state index is 3.72. The molecule has 21 heavy (non-hydrogen) atoms. The summed E-state index contributed by atoms with van der Waals surface area (Å²) < 4.78 is 0. The van der Waals surface area contributed by atoms with Crippen molar-refractivity contribution in [2.45, 2.75) is 54.8 Å². The lowest BCUT2D eigenvalue weighted by Gasteiger charge is -2.49. The predicted octanol–water partition coefficient (Wildman–Crippen LogP) is 3.17. The van der Waals surface area contributed by atoms with E-state index in [1.54, 1.807) is 5.56 Å². The molecule has 1 aliphatic carbocycles. The van der Waals surface area contributed by atoms with E-state index in [-0.39, 0.29) is 0 Å². The summed E-state index contributed by atoms with van der Waals surface area (Å²) in [5.41, 5.74) is 1.95. The third-order valence-electron chi connectivity index (χ3n) is 5.62. The molecule has 1 aromatic carbocycles. The van der Waals surface area contributed by atoms with Crippen molar-refractivity contribution in [3.05, 3.63) is 29.8 Å². The van der Waals surface area contributed by atoms with Gasteiger partial charge in [-0.15, -0.1) is 11.8 Å². The van der Waals surface area contributed by atoms with Crippen LogP contribution in [-0.2, 0) is 6.42 Å². The van der Waals surface area contributed by atoms with E-state index >= 15 is 0 Å². The van der Waals surface area contributed by atoms with Crippen molar-refractivity contribution in [3.8, 4) is 0 Å². The van der Waals surface area contributed by atoms with E-state index in [1.165, 1.54) is 43.8 Å². The number of nitrogens with zero attached hydrogens (tertiary/aromatic N) is 1. The summed E-state index contributed by atoms with van der Waals surface area (Å²) in [6.07, 6.45) is 4.11. The monoisotopic (exact) mass is 302 g/mol. The molecule has 0 radical (unpaired) electrons. The van der Waals surface area contributed by atoms with E-state index < -0.39 is 0 Å². The summed E-state index contributed by atoms with van der Waals surface area (Å²) in [5, 5.41) is 4.46. The van der Waals surface area contributed by atoms with Crippen molar-refractivity contribution in [2.24, 2.45) is 5.92 Å². The molecular weight excluding hydrogens is 276 g/mol. The normalized spacial score (nSPS) is 36.7. The highest BCUT2D eigenvalue weighted by Crippen LogP contribution is 2.45. The van der Waals surface area contributed by atoms with Gasteiger partial charge in [-0.1, -0.05) is 18.2 Å². The number of hydrogen-bond acceptors (Lipinski definition) is 3. The van der Waals surface area contributed by atoms with Crippen molar-refractivity contribution in [2.75, 3.05) is 19.6 Å². The Morgan fingerprint density at radius 1 is 1.33 bits per heavy atom. The fraction of sp³-hybridized carbons (Fsp3) is 0.667. The minimum atomic E-state index is 0.391. The summed E-state index contributed by atoms with van der Waals surface area (Å²) in [7, 11) is 0. The fourth-order valence-electron chi connectivity index (χ4n) is 4.09. The Balaban J connectivity index is 1.48. The van der Waals surface area contributed by atoms with Crippen molar-refractivity contribution >= 4 is 11.8 Å². The van der Waals surface area contributed by atoms with Gasteiger partial charge in [-0.25, -0.2) is 0 Å². The first kappa shape index (κ1) is 14.1. The molecule has 0 amide bonds. The lowest BCUT2D eigenvalue weighted by Crippen LogP contribution is -2.64. The van der Waals surface area contributed by atoms with E-state index in [9.17, 15) is 0 Å². The van der Waals surface area contributed by atoms with Crippen LogP contribution < -0.4 is 5.32 Å². The number of benzene rings is 1. The molecule has 3 heteroatoms. The van der Waals surface area contributed by atoms with Crippen molar-refractivity contribution in [1.82, 2.24) is 10.2 Å². The fourth-order valence-corrected chi connectivity index (χ4v) is 5.43. The quantitative estimate of drug-likeness (QED) is 0.923. The molecule has 3 unspecified atom stereocenters. The molecule has 1 aromatic rings. The van der Waals surface area contributed by atoms with Crippen LogP contribution in [0.5, 0.6) is 0 Å². The van der Waals surface area contributed by atoms with Gasteiger partial charge in [0.05, 0.1) is 0 Å². The third-order valence-corrected chi connectivity index (χ3v) is 6.92. The molecule has 2 nitrogen and oxygen atoms in total. The topological polar surface area (TPSA) is 15.3 Å². The van der Waals surface area contributed by atoms with Crippen LogP contribution in [0.2, 0.25) is 0 Å². The Hall–Kier alpha value is -0.510. The van der Waals surface area contributed by atoms with Crippen LogP contribution in [0.15, 0.2) is 29.2 Å². The zero-order chi connectivity index (χ0) is 14.4. The Bertz CT molecular complexity index is 503. The minimum absolute atomic E-state index is 0.391. The number of hydrogen-bond donors (Lipinski definition) is 1. The van der Waals surface area contributed by atoms with E-state index in [2.05, 4.69) is 60.1 Å². The standard InChI is InChI=1S/C18H26N2S/c1-13-10-20(18(2,12-19-13)15-7-8-15)11-16-9-14-5-3-4-6-17(14)21-16/h3-6,13,15-16,19H,7-12H2,1-2H3. The van der Waals surface area contributed by atoms with Gasteiger partial charge in [-0.2, -0.15) is 0 Å². The van der Waals surface area contributed by atoms with Crippen LogP contribution in [-0.4, -0.2) is 41.4 Å². The molecule has 3 atom stereocenters.